The second-order valence-corrected chi connectivity index (χ2v) is 4.01. The number of carbonyl (C=O) groups is 1. The van der Waals surface area contributed by atoms with Crippen molar-refractivity contribution in [2.24, 2.45) is 0 Å². The van der Waals surface area contributed by atoms with Crippen LogP contribution in [-0.4, -0.2) is 11.1 Å². The van der Waals surface area contributed by atoms with Gasteiger partial charge < -0.3 is 5.11 Å². The van der Waals surface area contributed by atoms with Crippen LogP contribution in [0, 0.1) is 11.6 Å². The number of carboxylic acids is 1. The lowest BCUT2D eigenvalue weighted by Gasteiger charge is -2.01. The van der Waals surface area contributed by atoms with Crippen molar-refractivity contribution in [1.29, 1.82) is 0 Å². The SMILES string of the molecule is O=C(O)c1sccc1-c1ccc(F)c(F)c1. The van der Waals surface area contributed by atoms with Gasteiger partial charge >= 0.3 is 5.97 Å². The number of halogens is 2. The van der Waals surface area contributed by atoms with Crippen molar-refractivity contribution in [3.05, 3.63) is 46.2 Å². The zero-order valence-corrected chi connectivity index (χ0v) is 8.72. The molecule has 0 saturated heterocycles. The molecule has 0 unspecified atom stereocenters. The maximum Gasteiger partial charge on any atom is 0.346 e. The number of hydrogen-bond acceptors (Lipinski definition) is 2. The number of aromatic carboxylic acids is 1. The summed E-state index contributed by atoms with van der Waals surface area (Å²) in [7, 11) is 0. The van der Waals surface area contributed by atoms with Gasteiger partial charge in [-0.15, -0.1) is 11.3 Å². The molecule has 0 amide bonds. The zero-order valence-electron chi connectivity index (χ0n) is 7.91. The summed E-state index contributed by atoms with van der Waals surface area (Å²) < 4.78 is 25.7. The largest absolute Gasteiger partial charge is 0.477 e. The van der Waals surface area contributed by atoms with E-state index in [1.165, 1.54) is 6.07 Å². The molecule has 1 N–H and O–H groups in total. The fourth-order valence-corrected chi connectivity index (χ4v) is 2.12. The predicted octanol–water partition coefficient (Wildman–Crippen LogP) is 3.39. The van der Waals surface area contributed by atoms with Gasteiger partial charge in [-0.2, -0.15) is 0 Å². The monoisotopic (exact) mass is 240 g/mol. The van der Waals surface area contributed by atoms with Crippen molar-refractivity contribution >= 4 is 17.3 Å². The molecule has 0 radical (unpaired) electrons. The van der Waals surface area contributed by atoms with Crippen LogP contribution in [0.5, 0.6) is 0 Å². The number of rotatable bonds is 2. The van der Waals surface area contributed by atoms with Crippen LogP contribution in [0.2, 0.25) is 0 Å². The molecule has 0 spiro atoms. The minimum Gasteiger partial charge on any atom is -0.477 e. The Morgan fingerprint density at radius 1 is 1.19 bits per heavy atom. The van der Waals surface area contributed by atoms with Crippen molar-refractivity contribution in [3.63, 3.8) is 0 Å². The highest BCUT2D eigenvalue weighted by Gasteiger charge is 2.14. The predicted molar refractivity (Wildman–Crippen MR) is 56.6 cm³/mol. The third-order valence-electron chi connectivity index (χ3n) is 2.09. The van der Waals surface area contributed by atoms with E-state index in [1.54, 1.807) is 11.4 Å². The van der Waals surface area contributed by atoms with E-state index in [2.05, 4.69) is 0 Å². The van der Waals surface area contributed by atoms with Gasteiger partial charge in [-0.25, -0.2) is 13.6 Å². The highest BCUT2D eigenvalue weighted by Crippen LogP contribution is 2.29. The number of thiophene rings is 1. The molecule has 2 nitrogen and oxygen atoms in total. The summed E-state index contributed by atoms with van der Waals surface area (Å²) in [4.78, 5) is 11.0. The minimum atomic E-state index is -1.07. The summed E-state index contributed by atoms with van der Waals surface area (Å²) in [5.74, 6) is -3.01. The van der Waals surface area contributed by atoms with E-state index >= 15 is 0 Å². The average molecular weight is 240 g/mol. The summed E-state index contributed by atoms with van der Waals surface area (Å²) in [6, 6.07) is 4.89. The lowest BCUT2D eigenvalue weighted by Crippen LogP contribution is -1.95. The van der Waals surface area contributed by atoms with Crippen LogP contribution in [0.3, 0.4) is 0 Å². The summed E-state index contributed by atoms with van der Waals surface area (Å²) in [6.07, 6.45) is 0. The molecule has 0 bridgehead atoms. The van der Waals surface area contributed by atoms with E-state index in [0.717, 1.165) is 23.5 Å². The number of hydrogen-bond donors (Lipinski definition) is 1. The Bertz CT molecular complexity index is 549. The molecule has 0 aliphatic rings. The molecule has 0 aliphatic carbocycles. The maximum atomic E-state index is 13.0. The van der Waals surface area contributed by atoms with Crippen molar-refractivity contribution in [3.8, 4) is 11.1 Å². The summed E-state index contributed by atoms with van der Waals surface area (Å²) in [5.41, 5.74) is 0.758. The van der Waals surface area contributed by atoms with Gasteiger partial charge in [-0.1, -0.05) is 6.07 Å². The summed E-state index contributed by atoms with van der Waals surface area (Å²) >= 11 is 1.05. The first-order chi connectivity index (χ1) is 7.59. The van der Waals surface area contributed by atoms with Gasteiger partial charge in [0.2, 0.25) is 0 Å². The third kappa shape index (κ3) is 1.81. The molecule has 1 aromatic heterocycles. The fourth-order valence-electron chi connectivity index (χ4n) is 1.37. The highest BCUT2D eigenvalue weighted by atomic mass is 32.1. The van der Waals surface area contributed by atoms with Gasteiger partial charge in [0.15, 0.2) is 11.6 Å². The number of benzene rings is 1. The molecule has 0 saturated carbocycles. The van der Waals surface area contributed by atoms with Crippen molar-refractivity contribution in [2.75, 3.05) is 0 Å². The molecule has 5 heteroatoms. The molecular weight excluding hydrogens is 234 g/mol. The van der Waals surface area contributed by atoms with Crippen LogP contribution in [0.15, 0.2) is 29.6 Å². The van der Waals surface area contributed by atoms with Crippen molar-refractivity contribution in [1.82, 2.24) is 0 Å². The van der Waals surface area contributed by atoms with Gasteiger partial charge in [0, 0.05) is 5.56 Å². The number of carboxylic acid groups (broad SMARTS) is 1. The highest BCUT2D eigenvalue weighted by molar-refractivity contribution is 7.12. The molecular formula is C11H6F2O2S. The molecule has 1 heterocycles. The Morgan fingerprint density at radius 3 is 2.56 bits per heavy atom. The van der Waals surface area contributed by atoms with Gasteiger partial charge in [-0.05, 0) is 29.1 Å². The molecule has 2 rings (SSSR count). The van der Waals surface area contributed by atoms with E-state index in [0.29, 0.717) is 11.1 Å². The Labute approximate surface area is 93.8 Å². The Morgan fingerprint density at radius 2 is 1.94 bits per heavy atom. The smallest absolute Gasteiger partial charge is 0.346 e. The van der Waals surface area contributed by atoms with Gasteiger partial charge in [0.05, 0.1) is 0 Å². The molecule has 0 aliphatic heterocycles. The Balaban J connectivity index is 2.54. The Kier molecular flexibility index (Phi) is 2.70. The first kappa shape index (κ1) is 10.8. The molecule has 0 fully saturated rings. The van der Waals surface area contributed by atoms with Crippen LogP contribution >= 0.6 is 11.3 Å². The van der Waals surface area contributed by atoms with Crippen LogP contribution in [-0.2, 0) is 0 Å². The standard InChI is InChI=1S/C11H6F2O2S/c12-8-2-1-6(5-9(8)13)7-3-4-16-10(7)11(14)15/h1-5H,(H,14,15). The third-order valence-corrected chi connectivity index (χ3v) is 2.99. The van der Waals surface area contributed by atoms with Crippen LogP contribution in [0.1, 0.15) is 9.67 Å². The van der Waals surface area contributed by atoms with Gasteiger partial charge in [0.1, 0.15) is 4.88 Å². The maximum absolute atomic E-state index is 13.0. The first-order valence-corrected chi connectivity index (χ1v) is 5.24. The second kappa shape index (κ2) is 4.02. The van der Waals surface area contributed by atoms with Crippen LogP contribution < -0.4 is 0 Å². The van der Waals surface area contributed by atoms with E-state index in [-0.39, 0.29) is 4.88 Å². The van der Waals surface area contributed by atoms with Crippen LogP contribution in [0.25, 0.3) is 11.1 Å². The summed E-state index contributed by atoms with van der Waals surface area (Å²) in [6.45, 7) is 0. The molecule has 2 aromatic rings. The van der Waals surface area contributed by atoms with Gasteiger partial charge in [-0.3, -0.25) is 0 Å². The molecule has 1 aromatic carbocycles. The van der Waals surface area contributed by atoms with Gasteiger partial charge in [0.25, 0.3) is 0 Å². The lowest BCUT2D eigenvalue weighted by molar-refractivity contribution is 0.0703. The molecule has 16 heavy (non-hydrogen) atoms. The van der Waals surface area contributed by atoms with E-state index < -0.39 is 17.6 Å². The van der Waals surface area contributed by atoms with E-state index in [9.17, 15) is 13.6 Å². The fraction of sp³-hybridized carbons (Fsp3) is 0. The Hall–Kier alpha value is -1.75. The first-order valence-electron chi connectivity index (χ1n) is 4.36. The second-order valence-electron chi connectivity index (χ2n) is 3.10. The zero-order chi connectivity index (χ0) is 11.7. The topological polar surface area (TPSA) is 37.3 Å². The normalized spacial score (nSPS) is 10.4. The summed E-state index contributed by atoms with van der Waals surface area (Å²) in [5, 5.41) is 10.5. The average Bonchev–Trinajstić information content (AvgIpc) is 2.71. The molecule has 82 valence electrons. The van der Waals surface area contributed by atoms with Crippen molar-refractivity contribution < 1.29 is 18.7 Å². The molecule has 0 atom stereocenters. The lowest BCUT2D eigenvalue weighted by atomic mass is 10.1. The minimum absolute atomic E-state index is 0.117. The quantitative estimate of drug-likeness (QED) is 0.873. The van der Waals surface area contributed by atoms with E-state index in [4.69, 9.17) is 5.11 Å². The van der Waals surface area contributed by atoms with Crippen LogP contribution in [0.4, 0.5) is 8.78 Å². The van der Waals surface area contributed by atoms with E-state index in [1.807, 2.05) is 0 Å². The van der Waals surface area contributed by atoms with Crippen molar-refractivity contribution in [2.45, 2.75) is 0 Å².